The van der Waals surface area contributed by atoms with Crippen molar-refractivity contribution in [2.45, 2.75) is 31.6 Å². The Hall–Kier alpha value is -1.46. The molecule has 0 unspecified atom stereocenters. The summed E-state index contributed by atoms with van der Waals surface area (Å²) in [5.74, 6) is 1.97. The molecule has 5 rings (SSSR count). The number of hydrogen-bond donors (Lipinski definition) is 1. The van der Waals surface area contributed by atoms with Gasteiger partial charge in [-0.3, -0.25) is 9.69 Å². The zero-order valence-electron chi connectivity index (χ0n) is 19.4. The Bertz CT molecular complexity index is 1050. The Labute approximate surface area is 219 Å². The summed E-state index contributed by atoms with van der Waals surface area (Å²) in [5, 5.41) is 4.15. The minimum absolute atomic E-state index is 0. The van der Waals surface area contributed by atoms with E-state index in [2.05, 4.69) is 15.2 Å². The summed E-state index contributed by atoms with van der Waals surface area (Å²) in [5.41, 5.74) is 0.900. The fourth-order valence-electron chi connectivity index (χ4n) is 5.10. The molecule has 1 N–H and O–H groups in total. The van der Waals surface area contributed by atoms with Crippen LogP contribution in [0.2, 0.25) is 0 Å². The van der Waals surface area contributed by atoms with Gasteiger partial charge in [0.2, 0.25) is 5.91 Å². The fraction of sp³-hybridized carbons (Fsp3) is 0.565. The fourth-order valence-corrected chi connectivity index (χ4v) is 6.06. The molecule has 3 aliphatic rings. The van der Waals surface area contributed by atoms with E-state index in [0.29, 0.717) is 24.3 Å². The van der Waals surface area contributed by atoms with Crippen molar-refractivity contribution in [3.8, 4) is 0 Å². The smallest absolute Gasteiger partial charge is 0.368 e. The molecule has 0 aliphatic carbocycles. The molecular formula is C23H30Cl2F3N5OS. The van der Waals surface area contributed by atoms with Gasteiger partial charge in [-0.15, -0.1) is 36.6 Å². The van der Waals surface area contributed by atoms with Crippen LogP contribution in [0.3, 0.4) is 0 Å². The van der Waals surface area contributed by atoms with Gasteiger partial charge in [0.15, 0.2) is 0 Å². The van der Waals surface area contributed by atoms with Crippen LogP contribution in [0.5, 0.6) is 0 Å². The second-order valence-corrected chi connectivity index (χ2v) is 10.1. The normalized spacial score (nSPS) is 23.3. The molecule has 3 aliphatic heterocycles. The highest BCUT2D eigenvalue weighted by Crippen LogP contribution is 2.36. The van der Waals surface area contributed by atoms with Crippen LogP contribution in [0, 0.1) is 6.92 Å². The van der Waals surface area contributed by atoms with Crippen LogP contribution in [0.4, 0.5) is 18.9 Å². The molecule has 3 saturated heterocycles. The first-order valence-corrected chi connectivity index (χ1v) is 12.5. The average Bonchev–Trinajstić information content (AvgIpc) is 3.51. The number of anilines is 1. The van der Waals surface area contributed by atoms with Crippen LogP contribution in [-0.4, -0.2) is 83.7 Å². The molecule has 0 radical (unpaired) electrons. The van der Waals surface area contributed by atoms with Crippen molar-refractivity contribution in [2.75, 3.05) is 55.8 Å². The molecule has 194 valence electrons. The number of carbonyl (C=O) groups excluding carboxylic acids is 1. The van der Waals surface area contributed by atoms with Crippen molar-refractivity contribution in [3.63, 3.8) is 0 Å². The number of nitrogens with zero attached hydrogens (tertiary/aromatic N) is 4. The van der Waals surface area contributed by atoms with Crippen molar-refractivity contribution in [3.05, 3.63) is 35.5 Å². The number of piperazine rings is 1. The first kappa shape index (κ1) is 28.1. The van der Waals surface area contributed by atoms with Crippen LogP contribution in [0.25, 0.3) is 10.9 Å². The molecule has 0 bridgehead atoms. The lowest BCUT2D eigenvalue weighted by Gasteiger charge is -2.39. The lowest BCUT2D eigenvalue weighted by atomic mass is 10.1. The highest BCUT2D eigenvalue weighted by molar-refractivity contribution is 7.99. The zero-order chi connectivity index (χ0) is 23.2. The summed E-state index contributed by atoms with van der Waals surface area (Å²) in [6.45, 7) is 6.18. The number of hydrogen-bond acceptors (Lipinski definition) is 6. The van der Waals surface area contributed by atoms with E-state index in [-0.39, 0.29) is 42.8 Å². The van der Waals surface area contributed by atoms with E-state index >= 15 is 0 Å². The molecular weight excluding hydrogens is 522 g/mol. The second-order valence-electron chi connectivity index (χ2n) is 9.01. The Morgan fingerprint density at radius 1 is 1.14 bits per heavy atom. The molecule has 12 heteroatoms. The molecule has 6 nitrogen and oxygen atoms in total. The Kier molecular flexibility index (Phi) is 9.07. The first-order valence-electron chi connectivity index (χ1n) is 11.4. The molecule has 0 spiro atoms. The Balaban J connectivity index is 0.00000171. The SMILES string of the molecule is Cc1cccc2c(N3CCN([C@@H]4CN[C@H](C(=O)N5CCSC5)C4)CC3)cc(C(F)(F)F)nc12.Cl.Cl. The number of thioether (sulfide) groups is 1. The average molecular weight is 552 g/mol. The zero-order valence-corrected chi connectivity index (χ0v) is 21.8. The van der Waals surface area contributed by atoms with Gasteiger partial charge < -0.3 is 15.1 Å². The number of rotatable bonds is 3. The number of fused-ring (bicyclic) bond motifs is 1. The summed E-state index contributed by atoms with van der Waals surface area (Å²) in [4.78, 5) is 23.0. The predicted octanol–water partition coefficient (Wildman–Crippen LogP) is 3.79. The summed E-state index contributed by atoms with van der Waals surface area (Å²) in [7, 11) is 0. The van der Waals surface area contributed by atoms with E-state index in [0.717, 1.165) is 55.2 Å². The quantitative estimate of drug-likeness (QED) is 0.626. The maximum Gasteiger partial charge on any atom is 0.433 e. The lowest BCUT2D eigenvalue weighted by molar-refractivity contribution is -0.141. The summed E-state index contributed by atoms with van der Waals surface area (Å²) >= 11 is 1.79. The number of nitrogens with one attached hydrogen (secondary N) is 1. The van der Waals surface area contributed by atoms with E-state index in [9.17, 15) is 18.0 Å². The number of benzene rings is 1. The van der Waals surface area contributed by atoms with Crippen LogP contribution in [0.1, 0.15) is 17.7 Å². The van der Waals surface area contributed by atoms with Gasteiger partial charge in [0.05, 0.1) is 17.4 Å². The van der Waals surface area contributed by atoms with Crippen molar-refractivity contribution >= 4 is 59.1 Å². The van der Waals surface area contributed by atoms with Crippen LogP contribution in [-0.2, 0) is 11.0 Å². The van der Waals surface area contributed by atoms with E-state index in [1.807, 2.05) is 21.9 Å². The number of pyridine rings is 1. The third-order valence-corrected chi connectivity index (χ3v) is 7.92. The summed E-state index contributed by atoms with van der Waals surface area (Å²) in [6, 6.07) is 6.85. The maximum atomic E-state index is 13.5. The second kappa shape index (κ2) is 11.3. The van der Waals surface area contributed by atoms with Crippen LogP contribution < -0.4 is 10.2 Å². The number of amides is 1. The Morgan fingerprint density at radius 2 is 1.89 bits per heavy atom. The van der Waals surface area contributed by atoms with Crippen molar-refractivity contribution in [2.24, 2.45) is 0 Å². The van der Waals surface area contributed by atoms with Gasteiger partial charge in [-0.25, -0.2) is 4.98 Å². The first-order chi connectivity index (χ1) is 15.8. The van der Waals surface area contributed by atoms with Gasteiger partial charge in [0.1, 0.15) is 5.69 Å². The standard InChI is InChI=1S/C23H28F3N5OS.2ClH/c1-15-3-2-4-17-19(12-20(23(24,25)26)28-21(15)17)30-7-5-29(6-8-30)16-11-18(27-13-16)22(32)31-9-10-33-14-31;;/h2-4,12,16,18,27H,5-11,13-14H2,1H3;2*1H/t16-,18-;;/m0../s1. The van der Waals surface area contributed by atoms with Crippen LogP contribution >= 0.6 is 36.6 Å². The number of aromatic nitrogens is 1. The highest BCUT2D eigenvalue weighted by atomic mass is 35.5. The molecule has 1 aromatic carbocycles. The molecule has 1 amide bonds. The number of alkyl halides is 3. The number of para-hydroxylation sites is 1. The largest absolute Gasteiger partial charge is 0.433 e. The lowest BCUT2D eigenvalue weighted by Crippen LogP contribution is -2.51. The van der Waals surface area contributed by atoms with Gasteiger partial charge in [-0.1, -0.05) is 18.2 Å². The molecule has 2 aromatic rings. The van der Waals surface area contributed by atoms with Crippen molar-refractivity contribution in [1.82, 2.24) is 20.1 Å². The third kappa shape index (κ3) is 5.77. The van der Waals surface area contributed by atoms with Crippen molar-refractivity contribution < 1.29 is 18.0 Å². The monoisotopic (exact) mass is 551 g/mol. The minimum Gasteiger partial charge on any atom is -0.368 e. The molecule has 35 heavy (non-hydrogen) atoms. The number of carbonyl (C=O) groups is 1. The Morgan fingerprint density at radius 3 is 2.54 bits per heavy atom. The summed E-state index contributed by atoms with van der Waals surface area (Å²) < 4.78 is 40.6. The van der Waals surface area contributed by atoms with E-state index < -0.39 is 11.9 Å². The number of halogens is 5. The van der Waals surface area contributed by atoms with E-state index in [4.69, 9.17) is 0 Å². The molecule has 0 saturated carbocycles. The third-order valence-electron chi connectivity index (χ3n) is 6.95. The van der Waals surface area contributed by atoms with Crippen LogP contribution in [0.15, 0.2) is 24.3 Å². The predicted molar refractivity (Wildman–Crippen MR) is 139 cm³/mol. The van der Waals surface area contributed by atoms with Gasteiger partial charge in [0.25, 0.3) is 0 Å². The molecule has 2 atom stereocenters. The number of aryl methyl sites for hydroxylation is 1. The van der Waals surface area contributed by atoms with Crippen molar-refractivity contribution in [1.29, 1.82) is 0 Å². The van der Waals surface area contributed by atoms with Gasteiger partial charge in [-0.2, -0.15) is 13.2 Å². The van der Waals surface area contributed by atoms with Gasteiger partial charge in [-0.05, 0) is 25.0 Å². The molecule has 1 aromatic heterocycles. The van der Waals surface area contributed by atoms with E-state index in [1.54, 1.807) is 24.8 Å². The van der Waals surface area contributed by atoms with Gasteiger partial charge in [0, 0.05) is 62.1 Å². The highest BCUT2D eigenvalue weighted by Gasteiger charge is 2.38. The van der Waals surface area contributed by atoms with E-state index in [1.165, 1.54) is 6.07 Å². The molecule has 4 heterocycles. The molecule has 3 fully saturated rings. The maximum absolute atomic E-state index is 13.5. The minimum atomic E-state index is -4.49. The topological polar surface area (TPSA) is 51.7 Å². The summed E-state index contributed by atoms with van der Waals surface area (Å²) in [6.07, 6.45) is -3.70. The van der Waals surface area contributed by atoms with Gasteiger partial charge >= 0.3 is 6.18 Å².